The van der Waals surface area contributed by atoms with E-state index in [0.717, 1.165) is 11.4 Å². The van der Waals surface area contributed by atoms with Crippen LogP contribution in [0.3, 0.4) is 0 Å². The van der Waals surface area contributed by atoms with Crippen molar-refractivity contribution in [2.45, 2.75) is 13.8 Å². The van der Waals surface area contributed by atoms with Crippen molar-refractivity contribution in [3.05, 3.63) is 53.1 Å². The van der Waals surface area contributed by atoms with Crippen LogP contribution in [0.1, 0.15) is 21.7 Å². The fraction of sp³-hybridized carbons (Fsp3) is 0.316. The first-order valence-electron chi connectivity index (χ1n) is 8.56. The third kappa shape index (κ3) is 2.89. The Labute approximate surface area is 150 Å². The summed E-state index contributed by atoms with van der Waals surface area (Å²) in [5.74, 6) is -0.283. The molecule has 3 heterocycles. The van der Waals surface area contributed by atoms with Crippen LogP contribution in [0.5, 0.6) is 0 Å². The predicted octanol–water partition coefficient (Wildman–Crippen LogP) is 2.94. The summed E-state index contributed by atoms with van der Waals surface area (Å²) in [6.07, 6.45) is 0. The Balaban J connectivity index is 1.54. The third-order valence-electron chi connectivity index (χ3n) is 4.73. The van der Waals surface area contributed by atoms with Gasteiger partial charge in [0.05, 0.1) is 16.6 Å². The van der Waals surface area contributed by atoms with Crippen molar-refractivity contribution in [2.24, 2.45) is 0 Å². The molecule has 1 saturated heterocycles. The molecule has 0 spiro atoms. The highest BCUT2D eigenvalue weighted by Gasteiger charge is 2.26. The van der Waals surface area contributed by atoms with Gasteiger partial charge in [0.2, 0.25) is 0 Å². The Morgan fingerprint density at radius 3 is 2.50 bits per heavy atom. The van der Waals surface area contributed by atoms with E-state index in [-0.39, 0.29) is 11.7 Å². The van der Waals surface area contributed by atoms with Gasteiger partial charge in [-0.3, -0.25) is 4.79 Å². The topological polar surface area (TPSA) is 62.5 Å². The molecule has 0 saturated carbocycles. The lowest BCUT2D eigenvalue weighted by atomic mass is 10.1. The molecule has 0 bridgehead atoms. The van der Waals surface area contributed by atoms with Gasteiger partial charge in [-0.25, -0.2) is 9.37 Å². The average Bonchev–Trinajstić information content (AvgIpc) is 3.02. The average molecular weight is 354 g/mol. The summed E-state index contributed by atoms with van der Waals surface area (Å²) < 4.78 is 18.3. The maximum atomic E-state index is 13.1. The zero-order chi connectivity index (χ0) is 18.3. The normalized spacial score (nSPS) is 14.9. The number of halogens is 1. The Kier molecular flexibility index (Phi) is 4.06. The molecule has 1 aromatic carbocycles. The highest BCUT2D eigenvalue weighted by atomic mass is 19.1. The molecule has 1 amide bonds. The summed E-state index contributed by atoms with van der Waals surface area (Å²) in [7, 11) is 0. The molecule has 0 radical (unpaired) electrons. The number of hydrogen-bond acceptors (Lipinski definition) is 5. The molecule has 0 atom stereocenters. The lowest BCUT2D eigenvalue weighted by Crippen LogP contribution is -2.48. The summed E-state index contributed by atoms with van der Waals surface area (Å²) >= 11 is 0. The van der Waals surface area contributed by atoms with Crippen LogP contribution in [-0.2, 0) is 0 Å². The van der Waals surface area contributed by atoms with Gasteiger partial charge in [-0.05, 0) is 44.2 Å². The van der Waals surface area contributed by atoms with Crippen LogP contribution in [0.15, 0.2) is 34.9 Å². The first kappa shape index (κ1) is 16.5. The largest absolute Gasteiger partial charge is 0.368 e. The smallest absolute Gasteiger partial charge is 0.258 e. The fourth-order valence-electron chi connectivity index (χ4n) is 3.38. The Hall–Kier alpha value is -2.96. The van der Waals surface area contributed by atoms with Crippen molar-refractivity contribution in [3.63, 3.8) is 0 Å². The van der Waals surface area contributed by atoms with E-state index in [2.05, 4.69) is 15.0 Å². The number of anilines is 1. The van der Waals surface area contributed by atoms with Crippen molar-refractivity contribution in [1.82, 2.24) is 15.0 Å². The van der Waals surface area contributed by atoms with Gasteiger partial charge in [-0.2, -0.15) is 0 Å². The minimum absolute atomic E-state index is 0.0365. The number of piperazine rings is 1. The maximum absolute atomic E-state index is 13.1. The van der Waals surface area contributed by atoms with Crippen molar-refractivity contribution >= 4 is 22.7 Å². The molecule has 0 unspecified atom stereocenters. The number of hydrogen-bond donors (Lipinski definition) is 0. The molecule has 134 valence electrons. The van der Waals surface area contributed by atoms with Crippen LogP contribution in [0.4, 0.5) is 10.1 Å². The van der Waals surface area contributed by atoms with E-state index in [1.807, 2.05) is 18.7 Å². The number of carbonyl (C=O) groups excluding carboxylic acids is 1. The van der Waals surface area contributed by atoms with E-state index < -0.39 is 0 Å². The van der Waals surface area contributed by atoms with Crippen LogP contribution in [0.25, 0.3) is 11.1 Å². The number of benzene rings is 1. The standard InChI is InChI=1S/C19H19FN4O2/c1-12-11-16(17-13(2)22-26-18(17)21-12)19(25)24-9-7-23(8-10-24)15-5-3-14(20)4-6-15/h3-6,11H,7-10H2,1-2H3. The molecule has 1 fully saturated rings. The number of pyridine rings is 1. The zero-order valence-corrected chi connectivity index (χ0v) is 14.7. The zero-order valence-electron chi connectivity index (χ0n) is 14.7. The Morgan fingerprint density at radius 2 is 1.81 bits per heavy atom. The molecule has 26 heavy (non-hydrogen) atoms. The quantitative estimate of drug-likeness (QED) is 0.708. The minimum Gasteiger partial charge on any atom is -0.368 e. The summed E-state index contributed by atoms with van der Waals surface area (Å²) in [6, 6.07) is 8.24. The Bertz CT molecular complexity index is 960. The number of aromatic nitrogens is 2. The maximum Gasteiger partial charge on any atom is 0.258 e. The molecule has 0 aliphatic carbocycles. The number of fused-ring (bicyclic) bond motifs is 1. The monoisotopic (exact) mass is 354 g/mol. The van der Waals surface area contributed by atoms with Crippen LogP contribution in [0, 0.1) is 19.7 Å². The van der Waals surface area contributed by atoms with Crippen molar-refractivity contribution in [3.8, 4) is 0 Å². The molecule has 2 aromatic heterocycles. The first-order valence-corrected chi connectivity index (χ1v) is 8.56. The first-order chi connectivity index (χ1) is 12.5. The lowest BCUT2D eigenvalue weighted by molar-refractivity contribution is 0.0748. The van der Waals surface area contributed by atoms with Gasteiger partial charge in [0.15, 0.2) is 0 Å². The molecule has 7 heteroatoms. The molecule has 1 aliphatic rings. The number of rotatable bonds is 2. The molecule has 3 aromatic rings. The van der Waals surface area contributed by atoms with Gasteiger partial charge in [-0.15, -0.1) is 0 Å². The molecule has 0 N–H and O–H groups in total. The van der Waals surface area contributed by atoms with Crippen molar-refractivity contribution in [2.75, 3.05) is 31.1 Å². The van der Waals surface area contributed by atoms with E-state index in [0.29, 0.717) is 48.5 Å². The van der Waals surface area contributed by atoms with Gasteiger partial charge in [-0.1, -0.05) is 5.16 Å². The summed E-state index contributed by atoms with van der Waals surface area (Å²) in [6.45, 7) is 6.25. The van der Waals surface area contributed by atoms with E-state index in [9.17, 15) is 9.18 Å². The second kappa shape index (κ2) is 6.40. The van der Waals surface area contributed by atoms with Crippen LogP contribution >= 0.6 is 0 Å². The van der Waals surface area contributed by atoms with Gasteiger partial charge in [0.1, 0.15) is 5.82 Å². The molecule has 4 rings (SSSR count). The summed E-state index contributed by atoms with van der Waals surface area (Å²) in [4.78, 5) is 21.4. The molecule has 6 nitrogen and oxygen atoms in total. The van der Waals surface area contributed by atoms with Crippen LogP contribution in [-0.4, -0.2) is 47.1 Å². The number of aryl methyl sites for hydroxylation is 2. The highest BCUT2D eigenvalue weighted by molar-refractivity contribution is 6.06. The van der Waals surface area contributed by atoms with Crippen molar-refractivity contribution < 1.29 is 13.7 Å². The second-order valence-electron chi connectivity index (χ2n) is 6.52. The van der Waals surface area contributed by atoms with Crippen LogP contribution in [0.2, 0.25) is 0 Å². The molecular weight excluding hydrogens is 335 g/mol. The van der Waals surface area contributed by atoms with E-state index in [1.54, 1.807) is 18.2 Å². The summed E-state index contributed by atoms with van der Waals surface area (Å²) in [5, 5.41) is 4.62. The van der Waals surface area contributed by atoms with Crippen molar-refractivity contribution in [1.29, 1.82) is 0 Å². The van der Waals surface area contributed by atoms with Gasteiger partial charge < -0.3 is 14.3 Å². The van der Waals surface area contributed by atoms with Crippen LogP contribution < -0.4 is 4.90 Å². The molecular formula is C19H19FN4O2. The van der Waals surface area contributed by atoms with Gasteiger partial charge in [0.25, 0.3) is 11.6 Å². The van der Waals surface area contributed by atoms with Gasteiger partial charge in [0, 0.05) is 37.6 Å². The molecule has 1 aliphatic heterocycles. The van der Waals surface area contributed by atoms with E-state index >= 15 is 0 Å². The lowest BCUT2D eigenvalue weighted by Gasteiger charge is -2.36. The fourth-order valence-corrected chi connectivity index (χ4v) is 3.38. The predicted molar refractivity (Wildman–Crippen MR) is 95.8 cm³/mol. The highest BCUT2D eigenvalue weighted by Crippen LogP contribution is 2.24. The van der Waals surface area contributed by atoms with Gasteiger partial charge >= 0.3 is 0 Å². The number of carbonyl (C=O) groups is 1. The SMILES string of the molecule is Cc1cc(C(=O)N2CCN(c3ccc(F)cc3)CC2)c2c(C)noc2n1. The number of amides is 1. The second-order valence-corrected chi connectivity index (χ2v) is 6.52. The Morgan fingerprint density at radius 1 is 1.12 bits per heavy atom. The third-order valence-corrected chi connectivity index (χ3v) is 4.73. The van der Waals surface area contributed by atoms with E-state index in [4.69, 9.17) is 4.52 Å². The minimum atomic E-state index is -0.247. The number of nitrogens with zero attached hydrogens (tertiary/aromatic N) is 4. The van der Waals surface area contributed by atoms with E-state index in [1.165, 1.54) is 12.1 Å². The summed E-state index contributed by atoms with van der Waals surface area (Å²) in [5.41, 5.74) is 3.34.